The molecule has 0 radical (unpaired) electrons. The smallest absolute Gasteiger partial charge is 0.341 e. The third-order valence-electron chi connectivity index (χ3n) is 3.40. The molecule has 23 heavy (non-hydrogen) atoms. The molecule has 1 rings (SSSR count). The maximum absolute atomic E-state index is 12.1. The van der Waals surface area contributed by atoms with Crippen LogP contribution in [0.5, 0.6) is 5.75 Å². The molecule has 0 saturated carbocycles. The van der Waals surface area contributed by atoms with Crippen LogP contribution in [0.3, 0.4) is 0 Å². The van der Waals surface area contributed by atoms with Crippen LogP contribution in [0.2, 0.25) is 0 Å². The van der Waals surface area contributed by atoms with E-state index in [1.807, 2.05) is 13.8 Å². The lowest BCUT2D eigenvalue weighted by Gasteiger charge is -2.26. The number of aliphatic hydroxyl groups is 1. The zero-order chi connectivity index (χ0) is 17.3. The van der Waals surface area contributed by atoms with Crippen LogP contribution in [-0.2, 0) is 9.59 Å². The normalized spacial score (nSPS) is 11.1. The number of carboxylic acids is 1. The molecular weight excluding hydrogens is 298 g/mol. The number of benzene rings is 1. The van der Waals surface area contributed by atoms with E-state index in [2.05, 4.69) is 5.32 Å². The van der Waals surface area contributed by atoms with Crippen LogP contribution in [0.25, 0.3) is 0 Å². The number of rotatable bonds is 10. The SMILES string of the molecule is CCCC(O)(CCC)CC(=O)Nc1cccc(OCC(=O)O)c1. The third kappa shape index (κ3) is 7.15. The quantitative estimate of drug-likeness (QED) is 0.615. The summed E-state index contributed by atoms with van der Waals surface area (Å²) < 4.78 is 5.07. The van der Waals surface area contributed by atoms with Crippen molar-refractivity contribution in [2.75, 3.05) is 11.9 Å². The molecule has 1 aromatic rings. The van der Waals surface area contributed by atoms with Gasteiger partial charge in [-0.05, 0) is 25.0 Å². The molecule has 0 atom stereocenters. The molecule has 0 aliphatic carbocycles. The molecule has 0 saturated heterocycles. The van der Waals surface area contributed by atoms with Gasteiger partial charge < -0.3 is 20.3 Å². The van der Waals surface area contributed by atoms with Gasteiger partial charge in [-0.25, -0.2) is 4.79 Å². The van der Waals surface area contributed by atoms with Gasteiger partial charge in [-0.3, -0.25) is 4.79 Å². The van der Waals surface area contributed by atoms with Crippen molar-refractivity contribution < 1.29 is 24.5 Å². The highest BCUT2D eigenvalue weighted by Crippen LogP contribution is 2.25. The summed E-state index contributed by atoms with van der Waals surface area (Å²) in [7, 11) is 0. The van der Waals surface area contributed by atoms with Crippen LogP contribution < -0.4 is 10.1 Å². The van der Waals surface area contributed by atoms with Crippen LogP contribution in [0.1, 0.15) is 46.0 Å². The van der Waals surface area contributed by atoms with Crippen molar-refractivity contribution in [3.63, 3.8) is 0 Å². The van der Waals surface area contributed by atoms with Crippen LogP contribution in [0, 0.1) is 0 Å². The second kappa shape index (κ2) is 9.15. The van der Waals surface area contributed by atoms with Crippen LogP contribution in [-0.4, -0.2) is 34.3 Å². The Morgan fingerprint density at radius 2 is 1.87 bits per heavy atom. The minimum absolute atomic E-state index is 0.0366. The van der Waals surface area contributed by atoms with Gasteiger partial charge in [-0.2, -0.15) is 0 Å². The molecule has 0 aliphatic rings. The lowest BCUT2D eigenvalue weighted by molar-refractivity contribution is -0.139. The van der Waals surface area contributed by atoms with E-state index in [-0.39, 0.29) is 12.3 Å². The zero-order valence-electron chi connectivity index (χ0n) is 13.7. The third-order valence-corrected chi connectivity index (χ3v) is 3.40. The molecule has 0 spiro atoms. The molecule has 6 nitrogen and oxygen atoms in total. The average Bonchev–Trinajstić information content (AvgIpc) is 2.45. The number of carbonyl (C=O) groups excluding carboxylic acids is 1. The van der Waals surface area contributed by atoms with Gasteiger partial charge in [-0.15, -0.1) is 0 Å². The van der Waals surface area contributed by atoms with Crippen molar-refractivity contribution in [1.82, 2.24) is 0 Å². The number of hydrogen-bond donors (Lipinski definition) is 3. The Hall–Kier alpha value is -2.08. The Morgan fingerprint density at radius 3 is 2.43 bits per heavy atom. The molecule has 0 bridgehead atoms. The predicted molar refractivity (Wildman–Crippen MR) is 87.6 cm³/mol. The Bertz CT molecular complexity index is 523. The molecule has 0 aliphatic heterocycles. The van der Waals surface area contributed by atoms with Crippen molar-refractivity contribution in [3.05, 3.63) is 24.3 Å². The van der Waals surface area contributed by atoms with E-state index in [0.29, 0.717) is 24.3 Å². The van der Waals surface area contributed by atoms with Crippen LogP contribution in [0.4, 0.5) is 5.69 Å². The molecule has 0 unspecified atom stereocenters. The average molecular weight is 323 g/mol. The van der Waals surface area contributed by atoms with Gasteiger partial charge in [-0.1, -0.05) is 32.8 Å². The fourth-order valence-corrected chi connectivity index (χ4v) is 2.55. The number of ether oxygens (including phenoxy) is 1. The predicted octanol–water partition coefficient (Wildman–Crippen LogP) is 2.81. The minimum atomic E-state index is -1.07. The second-order valence-corrected chi connectivity index (χ2v) is 5.66. The largest absolute Gasteiger partial charge is 0.482 e. The highest BCUT2D eigenvalue weighted by molar-refractivity contribution is 5.91. The summed E-state index contributed by atoms with van der Waals surface area (Å²) in [4.78, 5) is 22.6. The van der Waals surface area contributed by atoms with Crippen molar-refractivity contribution in [2.45, 2.75) is 51.6 Å². The molecule has 0 aromatic heterocycles. The Morgan fingerprint density at radius 1 is 1.22 bits per heavy atom. The maximum atomic E-state index is 12.1. The van der Waals surface area contributed by atoms with E-state index in [4.69, 9.17) is 9.84 Å². The number of aliphatic carboxylic acids is 1. The standard InChI is InChI=1S/C17H25NO5/c1-3-8-17(22,9-4-2)11-15(19)18-13-6-5-7-14(10-13)23-12-16(20)21/h5-7,10,22H,3-4,8-9,11-12H2,1-2H3,(H,18,19)(H,20,21). The lowest BCUT2D eigenvalue weighted by atomic mass is 9.89. The molecule has 0 heterocycles. The summed E-state index contributed by atoms with van der Waals surface area (Å²) in [5.74, 6) is -0.976. The first kappa shape index (κ1) is 19.0. The van der Waals surface area contributed by atoms with Gasteiger partial charge in [0.1, 0.15) is 5.75 Å². The topological polar surface area (TPSA) is 95.9 Å². The lowest BCUT2D eigenvalue weighted by Crippen LogP contribution is -2.33. The summed E-state index contributed by atoms with van der Waals surface area (Å²) >= 11 is 0. The number of anilines is 1. The van der Waals surface area contributed by atoms with Crippen molar-refractivity contribution in [3.8, 4) is 5.75 Å². The van der Waals surface area contributed by atoms with E-state index in [1.165, 1.54) is 0 Å². The second-order valence-electron chi connectivity index (χ2n) is 5.66. The van der Waals surface area contributed by atoms with Gasteiger partial charge in [0.05, 0.1) is 12.0 Å². The van der Waals surface area contributed by atoms with E-state index in [1.54, 1.807) is 24.3 Å². The summed E-state index contributed by atoms with van der Waals surface area (Å²) in [5.41, 5.74) is -0.474. The highest BCUT2D eigenvalue weighted by Gasteiger charge is 2.28. The van der Waals surface area contributed by atoms with Crippen LogP contribution >= 0.6 is 0 Å². The van der Waals surface area contributed by atoms with Gasteiger partial charge >= 0.3 is 5.97 Å². The van der Waals surface area contributed by atoms with E-state index >= 15 is 0 Å². The summed E-state index contributed by atoms with van der Waals surface area (Å²) in [6.45, 7) is 3.51. The molecule has 1 amide bonds. The number of carbonyl (C=O) groups is 2. The van der Waals surface area contributed by atoms with E-state index in [9.17, 15) is 14.7 Å². The van der Waals surface area contributed by atoms with E-state index in [0.717, 1.165) is 12.8 Å². The van der Waals surface area contributed by atoms with Crippen LogP contribution in [0.15, 0.2) is 24.3 Å². The van der Waals surface area contributed by atoms with Crippen molar-refractivity contribution in [2.24, 2.45) is 0 Å². The highest BCUT2D eigenvalue weighted by atomic mass is 16.5. The Kier molecular flexibility index (Phi) is 7.54. The zero-order valence-corrected chi connectivity index (χ0v) is 13.7. The summed E-state index contributed by atoms with van der Waals surface area (Å²) in [6.07, 6.45) is 2.81. The molecule has 3 N–H and O–H groups in total. The first-order valence-electron chi connectivity index (χ1n) is 7.85. The fraction of sp³-hybridized carbons (Fsp3) is 0.529. The van der Waals surface area contributed by atoms with Gasteiger partial charge in [0.25, 0.3) is 0 Å². The van der Waals surface area contributed by atoms with Gasteiger partial charge in [0, 0.05) is 11.8 Å². The molecule has 128 valence electrons. The number of carboxylic acid groups (broad SMARTS) is 1. The van der Waals surface area contributed by atoms with Crippen molar-refractivity contribution >= 4 is 17.6 Å². The van der Waals surface area contributed by atoms with Crippen molar-refractivity contribution in [1.29, 1.82) is 0 Å². The maximum Gasteiger partial charge on any atom is 0.341 e. The Labute approximate surface area is 136 Å². The number of amides is 1. The monoisotopic (exact) mass is 323 g/mol. The molecular formula is C17H25NO5. The number of hydrogen-bond acceptors (Lipinski definition) is 4. The molecule has 1 aromatic carbocycles. The minimum Gasteiger partial charge on any atom is -0.482 e. The summed E-state index contributed by atoms with van der Waals surface area (Å²) in [6, 6.07) is 6.52. The first-order valence-corrected chi connectivity index (χ1v) is 7.85. The molecule has 0 fully saturated rings. The fourth-order valence-electron chi connectivity index (χ4n) is 2.55. The van der Waals surface area contributed by atoms with E-state index < -0.39 is 18.2 Å². The van der Waals surface area contributed by atoms with Gasteiger partial charge in [0.2, 0.25) is 5.91 Å². The Balaban J connectivity index is 2.65. The molecule has 6 heteroatoms. The first-order chi connectivity index (χ1) is 10.9. The van der Waals surface area contributed by atoms with Gasteiger partial charge in [0.15, 0.2) is 6.61 Å². The number of nitrogens with one attached hydrogen (secondary N) is 1. The summed E-state index contributed by atoms with van der Waals surface area (Å²) in [5, 5.41) is 21.8.